The summed E-state index contributed by atoms with van der Waals surface area (Å²) in [5.41, 5.74) is 7.34. The highest BCUT2D eigenvalue weighted by Gasteiger charge is 2.34. The molecule has 0 saturated heterocycles. The number of aromatic nitrogens is 4. The van der Waals surface area contributed by atoms with Crippen molar-refractivity contribution in [3.63, 3.8) is 0 Å². The Hall–Kier alpha value is -4.69. The Morgan fingerprint density at radius 3 is 2.10 bits per heavy atom. The lowest BCUT2D eigenvalue weighted by atomic mass is 9.84. The number of nitrogens with one attached hydrogen (secondary N) is 3. The molecule has 4 N–H and O–H groups in total. The molecule has 0 radical (unpaired) electrons. The molecule has 4 atom stereocenters. The second kappa shape index (κ2) is 15.1. The average molecular weight is 734 g/mol. The van der Waals surface area contributed by atoms with E-state index in [1.165, 1.54) is 21.0 Å². The van der Waals surface area contributed by atoms with E-state index in [0.717, 1.165) is 23.4 Å². The summed E-state index contributed by atoms with van der Waals surface area (Å²) in [6.07, 6.45) is 1.16. The molecule has 0 spiro atoms. The summed E-state index contributed by atoms with van der Waals surface area (Å²) in [5.74, 6) is -2.55. The first-order valence-electron chi connectivity index (χ1n) is 17.5. The number of aromatic amines is 2. The largest absolute Gasteiger partial charge is 0.469 e. The van der Waals surface area contributed by atoms with Gasteiger partial charge in [0.05, 0.1) is 41.6 Å². The number of ether oxygens (including phenoxy) is 1. The standard InChI is InChI=1S/C38H47N5O8S/c1-9-24-19(3)27-17-32-34(23(7)45)21(5)29(41-32)15-28-20(4)25(11-10-18(2)44)36(42-28)26(14-33(46)51-8)37-35(38(47)39-12-13-52(48,49)50)22(6)30(43-37)16-31(24)40-27/h15-17,19-20,24-25,41,43H,9-14H2,1-8H3,(H,39,47)(H,48,49,50)/t19?,20?,24-,25+/m1/s1. The highest BCUT2D eigenvalue weighted by atomic mass is 32.2. The van der Waals surface area contributed by atoms with Crippen LogP contribution in [0.5, 0.6) is 0 Å². The fourth-order valence-corrected chi connectivity index (χ4v) is 7.95. The number of aryl methyl sites for hydroxylation is 2. The lowest BCUT2D eigenvalue weighted by Crippen LogP contribution is -2.29. The van der Waals surface area contributed by atoms with Gasteiger partial charge >= 0.3 is 5.97 Å². The van der Waals surface area contributed by atoms with Crippen LogP contribution in [0.1, 0.15) is 138 Å². The molecule has 52 heavy (non-hydrogen) atoms. The van der Waals surface area contributed by atoms with Gasteiger partial charge in [-0.3, -0.25) is 28.9 Å². The average Bonchev–Trinajstić information content (AvgIpc) is 3.74. The van der Waals surface area contributed by atoms with Crippen LogP contribution in [0.4, 0.5) is 0 Å². The van der Waals surface area contributed by atoms with Crippen molar-refractivity contribution < 1.29 is 36.9 Å². The summed E-state index contributed by atoms with van der Waals surface area (Å²) in [5, 5.41) is 2.61. The highest BCUT2D eigenvalue weighted by molar-refractivity contribution is 7.85. The number of Topliss-reactive ketones (excluding diaryl/α,β-unsaturated/α-hetero) is 2. The van der Waals surface area contributed by atoms with Crippen LogP contribution in [0.3, 0.4) is 0 Å². The molecule has 1 amide bonds. The lowest BCUT2D eigenvalue weighted by molar-refractivity contribution is -0.139. The number of hydrogen-bond acceptors (Lipinski definition) is 9. The van der Waals surface area contributed by atoms with Crippen LogP contribution in [-0.4, -0.2) is 75.8 Å². The Kier molecular flexibility index (Phi) is 11.2. The summed E-state index contributed by atoms with van der Waals surface area (Å²) < 4.78 is 37.4. The van der Waals surface area contributed by atoms with Crippen molar-refractivity contribution in [2.75, 3.05) is 19.4 Å². The number of nitrogens with zero attached hydrogens (tertiary/aromatic N) is 2. The molecule has 2 unspecified atom stereocenters. The predicted molar refractivity (Wildman–Crippen MR) is 197 cm³/mol. The molecule has 0 aromatic carbocycles. The van der Waals surface area contributed by atoms with Crippen molar-refractivity contribution >= 4 is 55.6 Å². The molecular formula is C38H47N5O8S. The number of ketones is 2. The smallest absolute Gasteiger partial charge is 0.310 e. The van der Waals surface area contributed by atoms with E-state index in [0.29, 0.717) is 56.6 Å². The zero-order valence-electron chi connectivity index (χ0n) is 30.9. The minimum Gasteiger partial charge on any atom is -0.469 e. The molecule has 3 aromatic rings. The molecular weight excluding hydrogens is 687 g/mol. The number of methoxy groups -OCH3 is 1. The first-order chi connectivity index (χ1) is 24.4. The third-order valence-electron chi connectivity index (χ3n) is 10.5. The van der Waals surface area contributed by atoms with Crippen molar-refractivity contribution in [2.24, 2.45) is 0 Å². The third-order valence-corrected chi connectivity index (χ3v) is 11.2. The number of rotatable bonds is 11. The van der Waals surface area contributed by atoms with Crippen LogP contribution in [0.25, 0.3) is 22.1 Å². The van der Waals surface area contributed by atoms with Crippen LogP contribution in [-0.2, 0) is 30.9 Å². The van der Waals surface area contributed by atoms with Gasteiger partial charge in [0.15, 0.2) is 5.78 Å². The molecule has 0 aliphatic carbocycles. The summed E-state index contributed by atoms with van der Waals surface area (Å²) in [6, 6.07) is 5.71. The SMILES string of the molecule is CC[C@H]1c2cc3[nH]c(c(CC(=O)OC)c4nc(cc5[nH]c(cc(n2)C1C)c(C(C)=O)c5C)C(C)[C@@H]4CCC(C)=O)c(C(=O)NCCS(=O)(=O)O)c3C. The van der Waals surface area contributed by atoms with Gasteiger partial charge < -0.3 is 24.8 Å². The number of esters is 1. The topological polar surface area (TPSA) is 201 Å². The minimum absolute atomic E-state index is 0.000151. The number of H-pyrrole nitrogens is 2. The molecule has 3 aromatic heterocycles. The fourth-order valence-electron chi connectivity index (χ4n) is 7.59. The van der Waals surface area contributed by atoms with Gasteiger partial charge in [-0.15, -0.1) is 0 Å². The molecule has 2 aliphatic heterocycles. The van der Waals surface area contributed by atoms with Crippen LogP contribution in [0, 0.1) is 13.8 Å². The van der Waals surface area contributed by atoms with Gasteiger partial charge in [0, 0.05) is 75.9 Å². The second-order valence-electron chi connectivity index (χ2n) is 14.0. The molecule has 8 bridgehead atoms. The Morgan fingerprint density at radius 2 is 1.48 bits per heavy atom. The predicted octanol–water partition coefficient (Wildman–Crippen LogP) is 6.02. The van der Waals surface area contributed by atoms with E-state index in [2.05, 4.69) is 29.1 Å². The van der Waals surface area contributed by atoms with Gasteiger partial charge in [-0.25, -0.2) is 0 Å². The van der Waals surface area contributed by atoms with Gasteiger partial charge in [0.1, 0.15) is 5.78 Å². The number of fused-ring (bicyclic) bond motifs is 8. The summed E-state index contributed by atoms with van der Waals surface area (Å²) >= 11 is 0. The minimum atomic E-state index is -4.35. The lowest BCUT2D eigenvalue weighted by Gasteiger charge is -2.18. The van der Waals surface area contributed by atoms with Gasteiger partial charge in [0.2, 0.25) is 0 Å². The Morgan fingerprint density at radius 1 is 0.885 bits per heavy atom. The molecule has 2 aliphatic rings. The maximum Gasteiger partial charge on any atom is 0.310 e. The Labute approximate surface area is 303 Å². The van der Waals surface area contributed by atoms with Crippen LogP contribution in [0.2, 0.25) is 0 Å². The maximum absolute atomic E-state index is 14.0. The summed E-state index contributed by atoms with van der Waals surface area (Å²) in [4.78, 5) is 69.5. The van der Waals surface area contributed by atoms with E-state index in [1.807, 2.05) is 32.0 Å². The van der Waals surface area contributed by atoms with E-state index in [1.54, 1.807) is 6.92 Å². The third kappa shape index (κ3) is 7.73. The highest BCUT2D eigenvalue weighted by Crippen LogP contribution is 2.43. The van der Waals surface area contributed by atoms with Crippen molar-refractivity contribution in [3.8, 4) is 0 Å². The van der Waals surface area contributed by atoms with Crippen LogP contribution in [0.15, 0.2) is 18.2 Å². The van der Waals surface area contributed by atoms with E-state index in [4.69, 9.17) is 14.7 Å². The molecule has 5 rings (SSSR count). The molecule has 14 heteroatoms. The molecule has 13 nitrogen and oxygen atoms in total. The van der Waals surface area contributed by atoms with E-state index < -0.39 is 27.7 Å². The molecule has 5 heterocycles. The van der Waals surface area contributed by atoms with Crippen molar-refractivity contribution in [3.05, 3.63) is 68.8 Å². The van der Waals surface area contributed by atoms with E-state index in [-0.39, 0.29) is 60.2 Å². The van der Waals surface area contributed by atoms with Crippen molar-refractivity contribution in [1.29, 1.82) is 0 Å². The zero-order valence-corrected chi connectivity index (χ0v) is 31.7. The van der Waals surface area contributed by atoms with Crippen molar-refractivity contribution in [2.45, 2.75) is 97.8 Å². The van der Waals surface area contributed by atoms with Crippen LogP contribution >= 0.6 is 0 Å². The van der Waals surface area contributed by atoms with Crippen molar-refractivity contribution in [1.82, 2.24) is 25.3 Å². The number of carbonyl (C=O) groups excluding carboxylic acids is 4. The number of hydrogen-bond donors (Lipinski definition) is 4. The van der Waals surface area contributed by atoms with Gasteiger partial charge in [0.25, 0.3) is 16.0 Å². The first kappa shape index (κ1) is 38.5. The second-order valence-corrected chi connectivity index (χ2v) is 15.5. The summed E-state index contributed by atoms with van der Waals surface area (Å²) in [6.45, 7) is 12.5. The number of amides is 1. The van der Waals surface area contributed by atoms with Gasteiger partial charge in [-0.2, -0.15) is 8.42 Å². The normalized spacial score (nSPS) is 18.6. The van der Waals surface area contributed by atoms with Gasteiger partial charge in [-0.1, -0.05) is 20.8 Å². The maximum atomic E-state index is 14.0. The Bertz CT molecular complexity index is 2240. The van der Waals surface area contributed by atoms with E-state index >= 15 is 0 Å². The van der Waals surface area contributed by atoms with Gasteiger partial charge in [-0.05, 0) is 69.9 Å². The first-order valence-corrected chi connectivity index (χ1v) is 19.1. The fraction of sp³-hybridized carbons (Fsp3) is 0.474. The monoisotopic (exact) mass is 733 g/mol. The van der Waals surface area contributed by atoms with Crippen LogP contribution < -0.4 is 5.32 Å². The molecule has 0 saturated carbocycles. The number of carbonyl (C=O) groups is 4. The van der Waals surface area contributed by atoms with E-state index in [9.17, 15) is 32.1 Å². The summed E-state index contributed by atoms with van der Waals surface area (Å²) in [7, 11) is -3.08. The molecule has 278 valence electrons. The Balaban J connectivity index is 1.99. The zero-order chi connectivity index (χ0) is 38.2. The quantitative estimate of drug-likeness (QED) is 0.103. The molecule has 0 fully saturated rings.